The SMILES string of the molecule is Cc1cc(C(=O)O)cc(C(=O)N2C[C@@H](C)O[C@@H](C)C2)c1. The van der Waals surface area contributed by atoms with Crippen molar-refractivity contribution in [3.63, 3.8) is 0 Å². The average molecular weight is 277 g/mol. The van der Waals surface area contributed by atoms with E-state index in [-0.39, 0.29) is 23.7 Å². The van der Waals surface area contributed by atoms with Crippen molar-refractivity contribution in [1.29, 1.82) is 0 Å². The van der Waals surface area contributed by atoms with E-state index in [0.717, 1.165) is 5.56 Å². The van der Waals surface area contributed by atoms with E-state index in [1.165, 1.54) is 6.07 Å². The number of hydrogen-bond acceptors (Lipinski definition) is 3. The number of carbonyl (C=O) groups excluding carboxylic acids is 1. The molecule has 1 saturated heterocycles. The van der Waals surface area contributed by atoms with Gasteiger partial charge in [-0.05, 0) is 44.5 Å². The number of amides is 1. The third-order valence-electron chi connectivity index (χ3n) is 3.28. The Morgan fingerprint density at radius 2 is 1.70 bits per heavy atom. The van der Waals surface area contributed by atoms with Crippen molar-refractivity contribution >= 4 is 11.9 Å². The van der Waals surface area contributed by atoms with Gasteiger partial charge in [0.1, 0.15) is 0 Å². The summed E-state index contributed by atoms with van der Waals surface area (Å²) in [6.45, 7) is 6.69. The van der Waals surface area contributed by atoms with Crippen LogP contribution in [0.25, 0.3) is 0 Å². The second-order valence-electron chi connectivity index (χ2n) is 5.36. The van der Waals surface area contributed by atoms with Crippen LogP contribution in [0.1, 0.15) is 40.1 Å². The fourth-order valence-corrected chi connectivity index (χ4v) is 2.56. The predicted octanol–water partition coefficient (Wildman–Crippen LogP) is 1.94. The number of benzene rings is 1. The Morgan fingerprint density at radius 1 is 1.15 bits per heavy atom. The van der Waals surface area contributed by atoms with Gasteiger partial charge in [0.2, 0.25) is 0 Å². The molecule has 1 amide bonds. The van der Waals surface area contributed by atoms with E-state index in [1.54, 1.807) is 24.0 Å². The van der Waals surface area contributed by atoms with Crippen LogP contribution in [0.2, 0.25) is 0 Å². The van der Waals surface area contributed by atoms with E-state index in [0.29, 0.717) is 18.7 Å². The highest BCUT2D eigenvalue weighted by molar-refractivity contribution is 5.97. The number of carboxylic acids is 1. The third kappa shape index (κ3) is 3.17. The number of carbonyl (C=O) groups is 2. The van der Waals surface area contributed by atoms with E-state index in [1.807, 2.05) is 13.8 Å². The quantitative estimate of drug-likeness (QED) is 0.897. The molecule has 1 heterocycles. The molecule has 0 saturated carbocycles. The smallest absolute Gasteiger partial charge is 0.335 e. The fraction of sp³-hybridized carbons (Fsp3) is 0.467. The molecule has 1 aromatic carbocycles. The number of rotatable bonds is 2. The lowest BCUT2D eigenvalue weighted by atomic mass is 10.0. The number of aromatic carboxylic acids is 1. The molecule has 2 rings (SSSR count). The second-order valence-corrected chi connectivity index (χ2v) is 5.36. The molecule has 108 valence electrons. The van der Waals surface area contributed by atoms with Crippen molar-refractivity contribution in [2.24, 2.45) is 0 Å². The molecular weight excluding hydrogens is 258 g/mol. The molecule has 0 spiro atoms. The zero-order valence-electron chi connectivity index (χ0n) is 11.9. The van der Waals surface area contributed by atoms with Crippen LogP contribution in [0.4, 0.5) is 0 Å². The summed E-state index contributed by atoms with van der Waals surface area (Å²) in [5.74, 6) is -1.16. The Labute approximate surface area is 118 Å². The van der Waals surface area contributed by atoms with Gasteiger partial charge >= 0.3 is 5.97 Å². The van der Waals surface area contributed by atoms with Crippen LogP contribution in [0.3, 0.4) is 0 Å². The summed E-state index contributed by atoms with van der Waals surface area (Å²) >= 11 is 0. The molecule has 2 atom stereocenters. The Balaban J connectivity index is 2.26. The summed E-state index contributed by atoms with van der Waals surface area (Å²) in [4.78, 5) is 25.3. The van der Waals surface area contributed by atoms with Crippen LogP contribution >= 0.6 is 0 Å². The lowest BCUT2D eigenvalue weighted by Crippen LogP contribution is -2.48. The highest BCUT2D eigenvalue weighted by Gasteiger charge is 2.27. The highest BCUT2D eigenvalue weighted by atomic mass is 16.5. The first-order valence-corrected chi connectivity index (χ1v) is 6.66. The zero-order valence-corrected chi connectivity index (χ0v) is 11.9. The van der Waals surface area contributed by atoms with Gasteiger partial charge in [0.25, 0.3) is 5.91 Å². The second kappa shape index (κ2) is 5.63. The van der Waals surface area contributed by atoms with Gasteiger partial charge in [-0.25, -0.2) is 4.79 Å². The minimum absolute atomic E-state index is 0.00791. The average Bonchev–Trinajstić information content (AvgIpc) is 2.35. The van der Waals surface area contributed by atoms with Gasteiger partial charge < -0.3 is 14.7 Å². The molecule has 1 fully saturated rings. The molecule has 5 heteroatoms. The summed E-state index contributed by atoms with van der Waals surface area (Å²) in [5.41, 5.74) is 1.33. The Morgan fingerprint density at radius 3 is 2.25 bits per heavy atom. The maximum Gasteiger partial charge on any atom is 0.335 e. The maximum atomic E-state index is 12.5. The van der Waals surface area contributed by atoms with Gasteiger partial charge in [0, 0.05) is 18.7 Å². The molecule has 1 aliphatic heterocycles. The molecule has 1 aliphatic rings. The number of carboxylic acid groups (broad SMARTS) is 1. The first kappa shape index (κ1) is 14.5. The molecule has 0 aromatic heterocycles. The summed E-state index contributed by atoms with van der Waals surface area (Å²) < 4.78 is 5.60. The van der Waals surface area contributed by atoms with Gasteiger partial charge in [-0.15, -0.1) is 0 Å². The van der Waals surface area contributed by atoms with Crippen LogP contribution in [0, 0.1) is 6.92 Å². The minimum atomic E-state index is -1.02. The minimum Gasteiger partial charge on any atom is -0.478 e. The Hall–Kier alpha value is -1.88. The maximum absolute atomic E-state index is 12.5. The van der Waals surface area contributed by atoms with Crippen LogP contribution in [-0.2, 0) is 4.74 Å². The first-order chi connectivity index (χ1) is 9.36. The molecule has 20 heavy (non-hydrogen) atoms. The molecule has 0 aliphatic carbocycles. The van der Waals surface area contributed by atoms with E-state index in [2.05, 4.69) is 0 Å². The lowest BCUT2D eigenvalue weighted by molar-refractivity contribution is -0.0586. The first-order valence-electron chi connectivity index (χ1n) is 6.66. The highest BCUT2D eigenvalue weighted by Crippen LogP contribution is 2.17. The van der Waals surface area contributed by atoms with Gasteiger partial charge in [-0.1, -0.05) is 0 Å². The van der Waals surface area contributed by atoms with Crippen molar-refractivity contribution in [3.8, 4) is 0 Å². The van der Waals surface area contributed by atoms with Crippen molar-refractivity contribution in [3.05, 3.63) is 34.9 Å². The number of nitrogens with zero attached hydrogens (tertiary/aromatic N) is 1. The number of morpholine rings is 1. The Kier molecular flexibility index (Phi) is 4.09. The third-order valence-corrected chi connectivity index (χ3v) is 3.28. The number of hydrogen-bond donors (Lipinski definition) is 1. The zero-order chi connectivity index (χ0) is 14.9. The van der Waals surface area contributed by atoms with E-state index < -0.39 is 5.97 Å². The molecule has 5 nitrogen and oxygen atoms in total. The van der Waals surface area contributed by atoms with Crippen LogP contribution in [0.5, 0.6) is 0 Å². The number of ether oxygens (including phenoxy) is 1. The monoisotopic (exact) mass is 277 g/mol. The van der Waals surface area contributed by atoms with Gasteiger partial charge in [0.05, 0.1) is 17.8 Å². The Bertz CT molecular complexity index is 531. The molecule has 0 unspecified atom stereocenters. The van der Waals surface area contributed by atoms with Gasteiger partial charge in [-0.2, -0.15) is 0 Å². The number of aryl methyl sites for hydroxylation is 1. The summed E-state index contributed by atoms with van der Waals surface area (Å²) in [6, 6.07) is 4.71. The van der Waals surface area contributed by atoms with Gasteiger partial charge in [0.15, 0.2) is 0 Å². The van der Waals surface area contributed by atoms with Crippen molar-refractivity contribution in [2.75, 3.05) is 13.1 Å². The van der Waals surface area contributed by atoms with Crippen molar-refractivity contribution in [1.82, 2.24) is 4.90 Å². The molecule has 1 aromatic rings. The predicted molar refractivity (Wildman–Crippen MR) is 74.1 cm³/mol. The van der Waals surface area contributed by atoms with E-state index in [4.69, 9.17) is 9.84 Å². The van der Waals surface area contributed by atoms with E-state index in [9.17, 15) is 9.59 Å². The van der Waals surface area contributed by atoms with E-state index >= 15 is 0 Å². The lowest BCUT2D eigenvalue weighted by Gasteiger charge is -2.35. The summed E-state index contributed by atoms with van der Waals surface area (Å²) in [6.07, 6.45) is -0.0158. The molecular formula is C15H19NO4. The largest absolute Gasteiger partial charge is 0.478 e. The standard InChI is InChI=1S/C15H19NO4/c1-9-4-12(6-13(5-9)15(18)19)14(17)16-7-10(2)20-11(3)8-16/h4-6,10-11H,7-8H2,1-3H3,(H,18,19)/t10-,11+. The molecule has 0 bridgehead atoms. The molecule has 1 N–H and O–H groups in total. The topological polar surface area (TPSA) is 66.8 Å². The van der Waals surface area contributed by atoms with Gasteiger partial charge in [-0.3, -0.25) is 4.79 Å². The summed E-state index contributed by atoms with van der Waals surface area (Å²) in [7, 11) is 0. The normalized spacial score (nSPS) is 22.6. The van der Waals surface area contributed by atoms with Crippen LogP contribution in [0.15, 0.2) is 18.2 Å². The van der Waals surface area contributed by atoms with Crippen LogP contribution < -0.4 is 0 Å². The summed E-state index contributed by atoms with van der Waals surface area (Å²) in [5, 5.41) is 9.07. The fourth-order valence-electron chi connectivity index (χ4n) is 2.56. The van der Waals surface area contributed by atoms with Crippen molar-refractivity contribution in [2.45, 2.75) is 33.0 Å². The molecule has 0 radical (unpaired) electrons. The van der Waals surface area contributed by atoms with Crippen molar-refractivity contribution < 1.29 is 19.4 Å². The van der Waals surface area contributed by atoms with Crippen LogP contribution in [-0.4, -0.2) is 47.2 Å².